The van der Waals surface area contributed by atoms with Crippen LogP contribution in [-0.4, -0.2) is 66.5 Å². The van der Waals surface area contributed by atoms with E-state index in [-0.39, 0.29) is 11.3 Å². The zero-order valence-electron chi connectivity index (χ0n) is 27.3. The van der Waals surface area contributed by atoms with E-state index in [2.05, 4.69) is 38.7 Å². The van der Waals surface area contributed by atoms with Gasteiger partial charge in [-0.15, -0.1) is 0 Å². The van der Waals surface area contributed by atoms with Crippen LogP contribution in [0.3, 0.4) is 0 Å². The normalized spacial score (nSPS) is 16.1. The van der Waals surface area contributed by atoms with Crippen molar-refractivity contribution in [1.29, 1.82) is 0 Å². The van der Waals surface area contributed by atoms with Crippen molar-refractivity contribution in [2.24, 2.45) is 5.92 Å². The van der Waals surface area contributed by atoms with Crippen molar-refractivity contribution in [3.63, 3.8) is 0 Å². The largest absolute Gasteiger partial charge is 0.507 e. The molecule has 0 saturated carbocycles. The number of rotatable bonds is 15. The number of nitrogens with zero attached hydrogens (tertiary/aromatic N) is 2. The highest BCUT2D eigenvalue weighted by Gasteiger charge is 2.46. The minimum absolute atomic E-state index is 0.0449. The fourth-order valence-corrected chi connectivity index (χ4v) is 5.46. The molecule has 1 fully saturated rings. The summed E-state index contributed by atoms with van der Waals surface area (Å²) in [7, 11) is 1.56. The minimum atomic E-state index is -0.795. The topological polar surface area (TPSA) is 88.5 Å². The highest BCUT2D eigenvalue weighted by Crippen LogP contribution is 2.42. The Labute approximate surface area is 267 Å². The van der Waals surface area contributed by atoms with E-state index in [1.165, 1.54) is 0 Å². The lowest BCUT2D eigenvalue weighted by atomic mass is 9.95. The molecule has 3 aromatic rings. The van der Waals surface area contributed by atoms with Gasteiger partial charge in [0.15, 0.2) is 11.5 Å². The maximum atomic E-state index is 13.6. The summed E-state index contributed by atoms with van der Waals surface area (Å²) in [5.41, 5.74) is 3.33. The molecule has 8 heteroatoms. The summed E-state index contributed by atoms with van der Waals surface area (Å²) >= 11 is 0. The average molecular weight is 615 g/mol. The van der Waals surface area contributed by atoms with E-state index in [0.29, 0.717) is 60.6 Å². The van der Waals surface area contributed by atoms with Gasteiger partial charge in [0.05, 0.1) is 25.3 Å². The number of aryl methyl sites for hydroxylation is 1. The second-order valence-corrected chi connectivity index (χ2v) is 11.8. The lowest BCUT2D eigenvalue weighted by Crippen LogP contribution is -2.38. The number of amides is 1. The van der Waals surface area contributed by atoms with E-state index in [1.54, 1.807) is 48.4 Å². The Morgan fingerprint density at radius 2 is 1.69 bits per heavy atom. The van der Waals surface area contributed by atoms with E-state index in [0.717, 1.165) is 30.6 Å². The Bertz CT molecular complexity index is 1490. The van der Waals surface area contributed by atoms with Crippen molar-refractivity contribution in [3.8, 4) is 17.2 Å². The van der Waals surface area contributed by atoms with E-state index < -0.39 is 17.7 Å². The van der Waals surface area contributed by atoms with Gasteiger partial charge in [0.1, 0.15) is 18.1 Å². The monoisotopic (exact) mass is 614 g/mol. The molecule has 0 spiro atoms. The zero-order chi connectivity index (χ0) is 32.5. The van der Waals surface area contributed by atoms with Crippen LogP contribution in [-0.2, 0) is 16.2 Å². The van der Waals surface area contributed by atoms with Crippen molar-refractivity contribution in [1.82, 2.24) is 9.80 Å². The number of Topliss-reactive ketones (excluding diaryl/α,β-unsaturated/α-hetero) is 1. The van der Waals surface area contributed by atoms with Crippen LogP contribution in [0, 0.1) is 12.8 Å². The molecule has 4 rings (SSSR count). The van der Waals surface area contributed by atoms with E-state index >= 15 is 0 Å². The fourth-order valence-electron chi connectivity index (χ4n) is 5.46. The van der Waals surface area contributed by atoms with Crippen LogP contribution in [0.1, 0.15) is 62.4 Å². The van der Waals surface area contributed by atoms with Gasteiger partial charge in [0, 0.05) is 18.7 Å². The van der Waals surface area contributed by atoms with E-state index in [9.17, 15) is 14.7 Å². The van der Waals surface area contributed by atoms with Crippen molar-refractivity contribution >= 4 is 17.4 Å². The van der Waals surface area contributed by atoms with Gasteiger partial charge in [0.2, 0.25) is 0 Å². The van der Waals surface area contributed by atoms with Crippen LogP contribution in [0.5, 0.6) is 17.2 Å². The Hall–Kier alpha value is -4.30. The molecule has 1 atom stereocenters. The van der Waals surface area contributed by atoms with Crippen molar-refractivity contribution in [3.05, 3.63) is 94.6 Å². The van der Waals surface area contributed by atoms with Crippen LogP contribution in [0.2, 0.25) is 0 Å². The van der Waals surface area contributed by atoms with Gasteiger partial charge >= 0.3 is 0 Å². The Balaban J connectivity index is 1.67. The number of carbonyl (C=O) groups is 2. The number of benzene rings is 3. The summed E-state index contributed by atoms with van der Waals surface area (Å²) < 4.78 is 17.6. The number of hydrogen-bond acceptors (Lipinski definition) is 7. The predicted octanol–water partition coefficient (Wildman–Crippen LogP) is 6.77. The average Bonchev–Trinajstić information content (AvgIpc) is 3.29. The Morgan fingerprint density at radius 1 is 0.956 bits per heavy atom. The molecule has 0 radical (unpaired) electrons. The quantitative estimate of drug-likeness (QED) is 0.115. The summed E-state index contributed by atoms with van der Waals surface area (Å²) in [6.45, 7) is 13.9. The maximum absolute atomic E-state index is 13.6. The van der Waals surface area contributed by atoms with Crippen molar-refractivity contribution in [2.75, 3.05) is 39.9 Å². The first-order chi connectivity index (χ1) is 21.7. The first-order valence-electron chi connectivity index (χ1n) is 15.8. The summed E-state index contributed by atoms with van der Waals surface area (Å²) in [5.74, 6) is 0.627. The third-order valence-corrected chi connectivity index (χ3v) is 8.16. The summed E-state index contributed by atoms with van der Waals surface area (Å²) in [5, 5.41) is 11.6. The molecule has 240 valence electrons. The van der Waals surface area contributed by atoms with Gasteiger partial charge in [-0.2, -0.15) is 0 Å². The molecule has 0 aliphatic carbocycles. The zero-order valence-corrected chi connectivity index (χ0v) is 27.3. The van der Waals surface area contributed by atoms with Gasteiger partial charge in [0.25, 0.3) is 11.7 Å². The summed E-state index contributed by atoms with van der Waals surface area (Å²) in [6, 6.07) is 19.7. The molecule has 3 aromatic carbocycles. The molecule has 1 aliphatic rings. The molecule has 1 heterocycles. The second kappa shape index (κ2) is 15.6. The first-order valence-corrected chi connectivity index (χ1v) is 15.8. The van der Waals surface area contributed by atoms with E-state index in [1.807, 2.05) is 31.2 Å². The number of hydrogen-bond donors (Lipinski definition) is 1. The summed E-state index contributed by atoms with van der Waals surface area (Å²) in [4.78, 5) is 30.8. The number of ketones is 1. The second-order valence-electron chi connectivity index (χ2n) is 11.8. The third-order valence-electron chi connectivity index (χ3n) is 8.16. The van der Waals surface area contributed by atoms with Gasteiger partial charge < -0.3 is 29.1 Å². The highest BCUT2D eigenvalue weighted by molar-refractivity contribution is 6.46. The molecule has 1 amide bonds. The molecule has 0 aromatic heterocycles. The molecular weight excluding hydrogens is 568 g/mol. The van der Waals surface area contributed by atoms with Crippen LogP contribution >= 0.6 is 0 Å². The number of aliphatic hydroxyl groups excluding tert-OH is 1. The lowest BCUT2D eigenvalue weighted by Gasteiger charge is -2.28. The molecular formula is C37H46N2O6. The SMILES string of the molecule is CCN(CC)CCN1C(=O)C(=O)/C(=C(/O)c2ccc(OCc3cccc(C)c3)cc2)C1c1ccc(OCCC(C)C)c(OC)c1. The number of aliphatic hydroxyl groups is 1. The Morgan fingerprint density at radius 3 is 2.33 bits per heavy atom. The molecule has 1 saturated heterocycles. The van der Waals surface area contributed by atoms with Gasteiger partial charge in [-0.1, -0.05) is 63.6 Å². The summed E-state index contributed by atoms with van der Waals surface area (Å²) in [6.07, 6.45) is 0.895. The molecule has 1 aliphatic heterocycles. The fraction of sp³-hybridized carbons (Fsp3) is 0.405. The van der Waals surface area contributed by atoms with Crippen molar-refractivity contribution < 1.29 is 28.9 Å². The first kappa shape index (κ1) is 33.6. The molecule has 45 heavy (non-hydrogen) atoms. The molecule has 0 bridgehead atoms. The smallest absolute Gasteiger partial charge is 0.295 e. The van der Waals surface area contributed by atoms with Gasteiger partial charge in [-0.05, 0) is 79.9 Å². The standard InChI is InChI=1S/C37H46N2O6/c1-7-38(8-2)19-20-39-34(29-14-17-31(32(23-29)43-6)44-21-18-25(3)4)33(36(41)37(39)42)35(40)28-12-15-30(16-13-28)45-24-27-11-9-10-26(5)22-27/h9-17,22-23,25,34,40H,7-8,18-21,24H2,1-6H3/b35-33+. The van der Waals surface area contributed by atoms with Gasteiger partial charge in [-0.3, -0.25) is 9.59 Å². The highest BCUT2D eigenvalue weighted by atomic mass is 16.5. The maximum Gasteiger partial charge on any atom is 0.295 e. The number of ether oxygens (including phenoxy) is 3. The number of carbonyl (C=O) groups excluding carboxylic acids is 2. The van der Waals surface area contributed by atoms with Gasteiger partial charge in [-0.25, -0.2) is 0 Å². The number of methoxy groups -OCH3 is 1. The van der Waals surface area contributed by atoms with Crippen molar-refractivity contribution in [2.45, 2.75) is 53.7 Å². The number of likely N-dealkylation sites (N-methyl/N-ethyl adjacent to an activating group) is 1. The predicted molar refractivity (Wildman–Crippen MR) is 177 cm³/mol. The van der Waals surface area contributed by atoms with Crippen LogP contribution in [0.15, 0.2) is 72.3 Å². The Kier molecular flexibility index (Phi) is 11.7. The molecule has 8 nitrogen and oxygen atoms in total. The van der Waals surface area contributed by atoms with Crippen LogP contribution in [0.4, 0.5) is 0 Å². The third kappa shape index (κ3) is 8.25. The molecule has 1 N–H and O–H groups in total. The van der Waals surface area contributed by atoms with Crippen LogP contribution in [0.25, 0.3) is 5.76 Å². The van der Waals surface area contributed by atoms with E-state index in [4.69, 9.17) is 14.2 Å². The molecule has 1 unspecified atom stereocenters. The van der Waals surface area contributed by atoms with Crippen LogP contribution < -0.4 is 14.2 Å². The lowest BCUT2D eigenvalue weighted by molar-refractivity contribution is -0.140. The minimum Gasteiger partial charge on any atom is -0.507 e. The number of likely N-dealkylation sites (tertiary alicyclic amines) is 1.